The Labute approximate surface area is 88.4 Å². The second-order valence-electron chi connectivity index (χ2n) is 3.55. The molecule has 0 aliphatic heterocycles. The largest absolute Gasteiger partial charge is 0.398 e. The minimum atomic E-state index is -0.301. The SMILES string of the molecule is Cc1ccccc1-c1ccc(F)cc1N. The number of anilines is 1. The molecule has 76 valence electrons. The van der Waals surface area contributed by atoms with Crippen LogP contribution in [0.2, 0.25) is 0 Å². The summed E-state index contributed by atoms with van der Waals surface area (Å²) < 4.78 is 12.9. The van der Waals surface area contributed by atoms with Gasteiger partial charge in [0.1, 0.15) is 5.82 Å². The van der Waals surface area contributed by atoms with Crippen molar-refractivity contribution < 1.29 is 4.39 Å². The van der Waals surface area contributed by atoms with Crippen molar-refractivity contribution >= 4 is 5.69 Å². The molecule has 2 rings (SSSR count). The summed E-state index contributed by atoms with van der Waals surface area (Å²) >= 11 is 0. The Hall–Kier alpha value is -1.83. The first-order valence-corrected chi connectivity index (χ1v) is 4.79. The lowest BCUT2D eigenvalue weighted by Crippen LogP contribution is -1.92. The molecule has 2 aromatic rings. The molecule has 0 heterocycles. The molecule has 0 saturated heterocycles. The van der Waals surface area contributed by atoms with E-state index in [1.165, 1.54) is 12.1 Å². The van der Waals surface area contributed by atoms with E-state index in [0.717, 1.165) is 16.7 Å². The second-order valence-corrected chi connectivity index (χ2v) is 3.55. The third kappa shape index (κ3) is 1.84. The number of hydrogen-bond acceptors (Lipinski definition) is 1. The van der Waals surface area contributed by atoms with Crippen LogP contribution in [0, 0.1) is 12.7 Å². The summed E-state index contributed by atoms with van der Waals surface area (Å²) in [7, 11) is 0. The summed E-state index contributed by atoms with van der Waals surface area (Å²) in [6.07, 6.45) is 0. The number of aryl methyl sites for hydroxylation is 1. The molecular formula is C13H12FN. The van der Waals surface area contributed by atoms with Crippen LogP contribution in [-0.4, -0.2) is 0 Å². The fraction of sp³-hybridized carbons (Fsp3) is 0.0769. The Morgan fingerprint density at radius 3 is 2.40 bits per heavy atom. The van der Waals surface area contributed by atoms with Gasteiger partial charge in [-0.05, 0) is 36.2 Å². The maximum Gasteiger partial charge on any atom is 0.125 e. The number of nitrogens with two attached hydrogens (primary N) is 1. The number of nitrogen functional groups attached to an aromatic ring is 1. The minimum Gasteiger partial charge on any atom is -0.398 e. The van der Waals surface area contributed by atoms with Gasteiger partial charge in [-0.2, -0.15) is 0 Å². The number of benzene rings is 2. The summed E-state index contributed by atoms with van der Waals surface area (Å²) in [6.45, 7) is 2.01. The summed E-state index contributed by atoms with van der Waals surface area (Å²) in [4.78, 5) is 0. The standard InChI is InChI=1S/C13H12FN/c1-9-4-2-3-5-11(9)12-7-6-10(14)8-13(12)15/h2-8H,15H2,1H3. The molecular weight excluding hydrogens is 189 g/mol. The van der Waals surface area contributed by atoms with Gasteiger partial charge >= 0.3 is 0 Å². The average molecular weight is 201 g/mol. The van der Waals surface area contributed by atoms with Gasteiger partial charge in [-0.15, -0.1) is 0 Å². The third-order valence-electron chi connectivity index (χ3n) is 2.45. The zero-order valence-electron chi connectivity index (χ0n) is 8.50. The van der Waals surface area contributed by atoms with E-state index < -0.39 is 0 Å². The quantitative estimate of drug-likeness (QED) is 0.703. The summed E-state index contributed by atoms with van der Waals surface area (Å²) in [5.41, 5.74) is 9.33. The predicted molar refractivity (Wildman–Crippen MR) is 61.0 cm³/mol. The average Bonchev–Trinajstić information content (AvgIpc) is 2.20. The molecule has 0 bridgehead atoms. The molecule has 15 heavy (non-hydrogen) atoms. The predicted octanol–water partition coefficient (Wildman–Crippen LogP) is 3.38. The molecule has 0 fully saturated rings. The molecule has 2 aromatic carbocycles. The van der Waals surface area contributed by atoms with Crippen LogP contribution < -0.4 is 5.73 Å². The summed E-state index contributed by atoms with van der Waals surface area (Å²) in [5, 5.41) is 0. The zero-order valence-corrected chi connectivity index (χ0v) is 8.50. The van der Waals surface area contributed by atoms with Crippen LogP contribution in [0.15, 0.2) is 42.5 Å². The first-order chi connectivity index (χ1) is 7.18. The summed E-state index contributed by atoms with van der Waals surface area (Å²) in [5.74, 6) is -0.301. The second kappa shape index (κ2) is 3.73. The van der Waals surface area contributed by atoms with Crippen molar-refractivity contribution in [1.82, 2.24) is 0 Å². The Kier molecular flexibility index (Phi) is 2.42. The van der Waals surface area contributed by atoms with Crippen molar-refractivity contribution in [2.45, 2.75) is 6.92 Å². The van der Waals surface area contributed by atoms with Gasteiger partial charge in [0.25, 0.3) is 0 Å². The van der Waals surface area contributed by atoms with E-state index >= 15 is 0 Å². The molecule has 0 atom stereocenters. The lowest BCUT2D eigenvalue weighted by Gasteiger charge is -2.08. The van der Waals surface area contributed by atoms with Gasteiger partial charge in [0.15, 0.2) is 0 Å². The van der Waals surface area contributed by atoms with Crippen LogP contribution in [0.5, 0.6) is 0 Å². The summed E-state index contributed by atoms with van der Waals surface area (Å²) in [6, 6.07) is 12.4. The van der Waals surface area contributed by atoms with Crippen molar-refractivity contribution in [2.75, 3.05) is 5.73 Å². The highest BCUT2D eigenvalue weighted by molar-refractivity contribution is 5.78. The fourth-order valence-electron chi connectivity index (χ4n) is 1.65. The van der Waals surface area contributed by atoms with Gasteiger partial charge in [-0.25, -0.2) is 4.39 Å². The van der Waals surface area contributed by atoms with Gasteiger partial charge < -0.3 is 5.73 Å². The molecule has 0 unspecified atom stereocenters. The first-order valence-electron chi connectivity index (χ1n) is 4.79. The van der Waals surface area contributed by atoms with Gasteiger partial charge in [-0.1, -0.05) is 24.3 Å². The third-order valence-corrected chi connectivity index (χ3v) is 2.45. The van der Waals surface area contributed by atoms with E-state index in [4.69, 9.17) is 5.73 Å². The molecule has 0 amide bonds. The van der Waals surface area contributed by atoms with Crippen molar-refractivity contribution in [2.24, 2.45) is 0 Å². The van der Waals surface area contributed by atoms with Gasteiger partial charge in [0, 0.05) is 11.3 Å². The Morgan fingerprint density at radius 1 is 1.00 bits per heavy atom. The van der Waals surface area contributed by atoms with Crippen molar-refractivity contribution in [1.29, 1.82) is 0 Å². The van der Waals surface area contributed by atoms with Gasteiger partial charge in [-0.3, -0.25) is 0 Å². The number of rotatable bonds is 1. The fourth-order valence-corrected chi connectivity index (χ4v) is 1.65. The van der Waals surface area contributed by atoms with Crippen molar-refractivity contribution in [3.63, 3.8) is 0 Å². The molecule has 0 radical (unpaired) electrons. The molecule has 0 aliphatic rings. The molecule has 2 heteroatoms. The van der Waals surface area contributed by atoms with Gasteiger partial charge in [0.2, 0.25) is 0 Å². The highest BCUT2D eigenvalue weighted by Gasteiger charge is 2.05. The van der Waals surface area contributed by atoms with Crippen LogP contribution in [0.3, 0.4) is 0 Å². The van der Waals surface area contributed by atoms with Crippen LogP contribution >= 0.6 is 0 Å². The van der Waals surface area contributed by atoms with E-state index in [1.807, 2.05) is 31.2 Å². The van der Waals surface area contributed by atoms with E-state index in [9.17, 15) is 4.39 Å². The van der Waals surface area contributed by atoms with Crippen molar-refractivity contribution in [3.8, 4) is 11.1 Å². The topological polar surface area (TPSA) is 26.0 Å². The van der Waals surface area contributed by atoms with Gasteiger partial charge in [0.05, 0.1) is 0 Å². The molecule has 0 aromatic heterocycles. The lowest BCUT2D eigenvalue weighted by molar-refractivity contribution is 0.628. The molecule has 0 spiro atoms. The van der Waals surface area contributed by atoms with E-state index in [0.29, 0.717) is 5.69 Å². The number of hydrogen-bond donors (Lipinski definition) is 1. The van der Waals surface area contributed by atoms with Crippen molar-refractivity contribution in [3.05, 3.63) is 53.8 Å². The van der Waals surface area contributed by atoms with Crippen LogP contribution in [0.25, 0.3) is 11.1 Å². The monoisotopic (exact) mass is 201 g/mol. The van der Waals surface area contributed by atoms with E-state index in [2.05, 4.69) is 0 Å². The maximum atomic E-state index is 12.9. The Bertz CT molecular complexity index is 492. The van der Waals surface area contributed by atoms with Crippen LogP contribution in [0.1, 0.15) is 5.56 Å². The van der Waals surface area contributed by atoms with E-state index in [1.54, 1.807) is 6.07 Å². The molecule has 1 nitrogen and oxygen atoms in total. The smallest absolute Gasteiger partial charge is 0.125 e. The normalized spacial score (nSPS) is 10.3. The Balaban J connectivity index is 2.60. The van der Waals surface area contributed by atoms with Crippen LogP contribution in [0.4, 0.5) is 10.1 Å². The zero-order chi connectivity index (χ0) is 10.8. The number of halogens is 1. The van der Waals surface area contributed by atoms with Crippen LogP contribution in [-0.2, 0) is 0 Å². The maximum absolute atomic E-state index is 12.9. The van der Waals surface area contributed by atoms with E-state index in [-0.39, 0.29) is 5.82 Å². The Morgan fingerprint density at radius 2 is 1.73 bits per heavy atom. The highest BCUT2D eigenvalue weighted by atomic mass is 19.1. The molecule has 0 aliphatic carbocycles. The first kappa shape index (κ1) is 9.71. The molecule has 2 N–H and O–H groups in total. The lowest BCUT2D eigenvalue weighted by atomic mass is 9.99. The highest BCUT2D eigenvalue weighted by Crippen LogP contribution is 2.28. The molecule has 0 saturated carbocycles. The minimum absolute atomic E-state index is 0.301.